The molecular weight excluding hydrogens is 260 g/mol. The van der Waals surface area contributed by atoms with Crippen molar-refractivity contribution in [2.75, 3.05) is 6.61 Å². The monoisotopic (exact) mass is 274 g/mol. The molecule has 15 heavy (non-hydrogen) atoms. The molecule has 0 unspecified atom stereocenters. The first-order valence-electron chi connectivity index (χ1n) is 5.01. The molecule has 0 saturated carbocycles. The van der Waals surface area contributed by atoms with E-state index < -0.39 is 0 Å². The third-order valence-electron chi connectivity index (χ3n) is 2.07. The van der Waals surface area contributed by atoms with E-state index in [4.69, 9.17) is 4.74 Å². The molecule has 0 spiro atoms. The van der Waals surface area contributed by atoms with Gasteiger partial charge in [-0.2, -0.15) is 0 Å². The van der Waals surface area contributed by atoms with Crippen molar-refractivity contribution >= 4 is 21.9 Å². The topological polar surface area (TPSA) is 44.1 Å². The van der Waals surface area contributed by atoms with Crippen molar-refractivity contribution in [2.45, 2.75) is 33.7 Å². The lowest BCUT2D eigenvalue weighted by Gasteiger charge is -2.07. The number of nitrogens with zero attached hydrogens (tertiary/aromatic N) is 2. The van der Waals surface area contributed by atoms with E-state index in [0.717, 1.165) is 18.7 Å². The Kier molecular flexibility index (Phi) is 4.32. The minimum Gasteiger partial charge on any atom is -0.460 e. The van der Waals surface area contributed by atoms with Crippen LogP contribution in [0.3, 0.4) is 0 Å². The van der Waals surface area contributed by atoms with E-state index in [0.29, 0.717) is 17.0 Å². The molecule has 0 saturated heterocycles. The summed E-state index contributed by atoms with van der Waals surface area (Å²) < 4.78 is 7.52. The number of halogens is 1. The molecule has 0 aromatic carbocycles. The molecule has 5 heteroatoms. The zero-order chi connectivity index (χ0) is 11.4. The van der Waals surface area contributed by atoms with Crippen LogP contribution in [-0.4, -0.2) is 22.1 Å². The molecule has 1 heterocycles. The fraction of sp³-hybridized carbons (Fsp3) is 0.600. The lowest BCUT2D eigenvalue weighted by Crippen LogP contribution is -2.14. The van der Waals surface area contributed by atoms with Crippen molar-refractivity contribution in [1.29, 1.82) is 0 Å². The first-order chi connectivity index (χ1) is 7.11. The number of rotatable bonds is 4. The minimum absolute atomic E-state index is 0.361. The maximum atomic E-state index is 11.6. The predicted molar refractivity (Wildman–Crippen MR) is 60.9 cm³/mol. The summed E-state index contributed by atoms with van der Waals surface area (Å²) >= 11 is 3.32. The molecule has 4 nitrogen and oxygen atoms in total. The van der Waals surface area contributed by atoms with Crippen molar-refractivity contribution in [3.8, 4) is 0 Å². The summed E-state index contributed by atoms with van der Waals surface area (Å²) in [5.41, 5.74) is 0.958. The molecule has 0 aliphatic rings. The van der Waals surface area contributed by atoms with Gasteiger partial charge in [0.2, 0.25) is 5.82 Å². The zero-order valence-electron chi connectivity index (χ0n) is 9.21. The van der Waals surface area contributed by atoms with Gasteiger partial charge in [-0.05, 0) is 36.2 Å². The van der Waals surface area contributed by atoms with Crippen LogP contribution in [0.15, 0.2) is 4.60 Å². The second-order valence-corrected chi connectivity index (χ2v) is 3.93. The van der Waals surface area contributed by atoms with Gasteiger partial charge in [-0.3, -0.25) is 0 Å². The number of aromatic nitrogens is 2. The Labute approximate surface area is 97.8 Å². The van der Waals surface area contributed by atoms with Gasteiger partial charge in [-0.1, -0.05) is 6.92 Å². The summed E-state index contributed by atoms with van der Waals surface area (Å²) in [7, 11) is 0. The molecule has 0 radical (unpaired) electrons. The van der Waals surface area contributed by atoms with Gasteiger partial charge in [0.05, 0.1) is 6.61 Å². The normalized spacial score (nSPS) is 10.4. The van der Waals surface area contributed by atoms with Gasteiger partial charge >= 0.3 is 5.97 Å². The second-order valence-electron chi connectivity index (χ2n) is 3.18. The van der Waals surface area contributed by atoms with Gasteiger partial charge in [0.25, 0.3) is 0 Å². The van der Waals surface area contributed by atoms with E-state index >= 15 is 0 Å². The number of esters is 1. The van der Waals surface area contributed by atoms with Crippen molar-refractivity contribution in [3.05, 3.63) is 16.1 Å². The Morgan fingerprint density at radius 1 is 1.53 bits per heavy atom. The molecule has 0 fully saturated rings. The first-order valence-corrected chi connectivity index (χ1v) is 5.80. The highest BCUT2D eigenvalue weighted by Gasteiger charge is 2.18. The average Bonchev–Trinajstić information content (AvgIpc) is 2.47. The summed E-state index contributed by atoms with van der Waals surface area (Å²) in [6.07, 6.45) is 0.954. The molecule has 84 valence electrons. The predicted octanol–water partition coefficient (Wildman–Crippen LogP) is 2.54. The van der Waals surface area contributed by atoms with E-state index in [1.165, 1.54) is 0 Å². The quantitative estimate of drug-likeness (QED) is 0.793. The molecule has 0 N–H and O–H groups in total. The Morgan fingerprint density at radius 2 is 2.20 bits per heavy atom. The van der Waals surface area contributed by atoms with E-state index in [1.807, 2.05) is 11.5 Å². The third-order valence-corrected chi connectivity index (χ3v) is 2.82. The lowest BCUT2D eigenvalue weighted by atomic mass is 10.4. The zero-order valence-corrected chi connectivity index (χ0v) is 10.8. The molecule has 0 amide bonds. The summed E-state index contributed by atoms with van der Waals surface area (Å²) in [4.78, 5) is 15.7. The van der Waals surface area contributed by atoms with Gasteiger partial charge < -0.3 is 9.30 Å². The van der Waals surface area contributed by atoms with Crippen LogP contribution in [0.2, 0.25) is 0 Å². The molecule has 1 rings (SSSR count). The van der Waals surface area contributed by atoms with E-state index in [1.54, 1.807) is 6.92 Å². The van der Waals surface area contributed by atoms with Crippen LogP contribution in [0.5, 0.6) is 0 Å². The number of hydrogen-bond donors (Lipinski definition) is 0. The standard InChI is InChI=1S/C10H15BrN2O2/c1-4-6-13-7(3)8(11)12-9(13)10(14)15-5-2/h4-6H2,1-3H3. The van der Waals surface area contributed by atoms with Gasteiger partial charge in [-0.15, -0.1) is 0 Å². The molecule has 0 bridgehead atoms. The van der Waals surface area contributed by atoms with E-state index in [-0.39, 0.29) is 5.97 Å². The lowest BCUT2D eigenvalue weighted by molar-refractivity contribution is 0.0506. The van der Waals surface area contributed by atoms with Crippen LogP contribution >= 0.6 is 15.9 Å². The molecular formula is C10H15BrN2O2. The summed E-state index contributed by atoms with van der Waals surface area (Å²) in [5.74, 6) is 0.0165. The van der Waals surface area contributed by atoms with Gasteiger partial charge in [0.1, 0.15) is 4.60 Å². The second kappa shape index (κ2) is 5.30. The molecule has 1 aromatic rings. The van der Waals surface area contributed by atoms with Crippen molar-refractivity contribution in [2.24, 2.45) is 0 Å². The van der Waals surface area contributed by atoms with Gasteiger partial charge in [0.15, 0.2) is 0 Å². The summed E-state index contributed by atoms with van der Waals surface area (Å²) in [6.45, 7) is 6.91. The minimum atomic E-state index is -0.361. The maximum absolute atomic E-state index is 11.6. The average molecular weight is 275 g/mol. The Morgan fingerprint density at radius 3 is 2.73 bits per heavy atom. The number of hydrogen-bond acceptors (Lipinski definition) is 3. The molecule has 0 atom stereocenters. The maximum Gasteiger partial charge on any atom is 0.374 e. The van der Waals surface area contributed by atoms with Gasteiger partial charge in [-0.25, -0.2) is 9.78 Å². The summed E-state index contributed by atoms with van der Waals surface area (Å²) in [6, 6.07) is 0. The van der Waals surface area contributed by atoms with Crippen LogP contribution in [0.1, 0.15) is 36.6 Å². The Balaban J connectivity index is 3.05. The highest BCUT2D eigenvalue weighted by molar-refractivity contribution is 9.10. The first kappa shape index (κ1) is 12.2. The number of carbonyl (C=O) groups is 1. The fourth-order valence-corrected chi connectivity index (χ4v) is 1.74. The smallest absolute Gasteiger partial charge is 0.374 e. The van der Waals surface area contributed by atoms with E-state index in [2.05, 4.69) is 27.8 Å². The van der Waals surface area contributed by atoms with Crippen molar-refractivity contribution in [3.63, 3.8) is 0 Å². The van der Waals surface area contributed by atoms with Crippen LogP contribution in [0.4, 0.5) is 0 Å². The highest BCUT2D eigenvalue weighted by Crippen LogP contribution is 2.18. The van der Waals surface area contributed by atoms with Gasteiger partial charge in [0, 0.05) is 12.2 Å². The molecule has 1 aromatic heterocycles. The van der Waals surface area contributed by atoms with Crippen molar-refractivity contribution in [1.82, 2.24) is 9.55 Å². The molecule has 0 aliphatic carbocycles. The summed E-state index contributed by atoms with van der Waals surface area (Å²) in [5, 5.41) is 0. The van der Waals surface area contributed by atoms with Crippen LogP contribution in [-0.2, 0) is 11.3 Å². The largest absolute Gasteiger partial charge is 0.460 e. The number of ether oxygens (including phenoxy) is 1. The highest BCUT2D eigenvalue weighted by atomic mass is 79.9. The van der Waals surface area contributed by atoms with E-state index in [9.17, 15) is 4.79 Å². The van der Waals surface area contributed by atoms with Crippen LogP contribution in [0.25, 0.3) is 0 Å². The third kappa shape index (κ3) is 2.59. The SMILES string of the molecule is CCCn1c(C(=O)OCC)nc(Br)c1C. The molecule has 0 aliphatic heterocycles. The van der Waals surface area contributed by atoms with Crippen LogP contribution in [0, 0.1) is 6.92 Å². The number of imidazole rings is 1. The Hall–Kier alpha value is -0.840. The number of carbonyl (C=O) groups excluding carboxylic acids is 1. The van der Waals surface area contributed by atoms with Crippen LogP contribution < -0.4 is 0 Å². The fourth-order valence-electron chi connectivity index (χ4n) is 1.35. The van der Waals surface area contributed by atoms with Crippen molar-refractivity contribution < 1.29 is 9.53 Å². The Bertz CT molecular complexity index is 361.